The van der Waals surface area contributed by atoms with Crippen molar-refractivity contribution in [2.24, 2.45) is 0 Å². The van der Waals surface area contributed by atoms with E-state index in [0.29, 0.717) is 6.54 Å². The number of amides is 2. The van der Waals surface area contributed by atoms with E-state index in [0.717, 1.165) is 16.8 Å². The van der Waals surface area contributed by atoms with Crippen molar-refractivity contribution < 1.29 is 9.59 Å². The molecule has 0 bridgehead atoms. The van der Waals surface area contributed by atoms with E-state index in [1.807, 2.05) is 32.0 Å². The van der Waals surface area contributed by atoms with Gasteiger partial charge in [0, 0.05) is 12.2 Å². The Bertz CT molecular complexity index is 506. The smallest absolute Gasteiger partial charge is 0.238 e. The number of carbonyl (C=O) groups excluding carboxylic acids is 2. The van der Waals surface area contributed by atoms with Crippen LogP contribution in [0.4, 0.5) is 5.69 Å². The van der Waals surface area contributed by atoms with Gasteiger partial charge in [0.25, 0.3) is 0 Å². The maximum Gasteiger partial charge on any atom is 0.238 e. The van der Waals surface area contributed by atoms with Gasteiger partial charge in [-0.2, -0.15) is 0 Å². The number of anilines is 1. The highest BCUT2D eigenvalue weighted by atomic mass is 16.2. The quantitative estimate of drug-likeness (QED) is 0.747. The van der Waals surface area contributed by atoms with E-state index in [2.05, 4.69) is 17.2 Å². The van der Waals surface area contributed by atoms with Crippen molar-refractivity contribution in [2.45, 2.75) is 13.8 Å². The molecule has 0 aliphatic carbocycles. The highest BCUT2D eigenvalue weighted by Crippen LogP contribution is 2.19. The van der Waals surface area contributed by atoms with Crippen LogP contribution in [-0.4, -0.2) is 43.4 Å². The normalized spacial score (nSPS) is 10.3. The first-order chi connectivity index (χ1) is 9.93. The van der Waals surface area contributed by atoms with Gasteiger partial charge in [0.05, 0.1) is 13.1 Å². The molecule has 0 saturated carbocycles. The van der Waals surface area contributed by atoms with Crippen LogP contribution >= 0.6 is 0 Å². The molecule has 21 heavy (non-hydrogen) atoms. The van der Waals surface area contributed by atoms with E-state index in [-0.39, 0.29) is 24.9 Å². The Morgan fingerprint density at radius 1 is 1.19 bits per heavy atom. The summed E-state index contributed by atoms with van der Waals surface area (Å²) in [6.45, 7) is 8.21. The Hall–Kier alpha value is -2.14. The summed E-state index contributed by atoms with van der Waals surface area (Å²) in [5, 5.41) is 5.57. The fraction of sp³-hybridized carbons (Fsp3) is 0.375. The number of aryl methyl sites for hydroxylation is 2. The Balaban J connectivity index is 2.50. The standard InChI is InChI=1S/C16H23N3O2/c1-5-9-17-14(20)10-19(4)11-15(21)18-16-12(2)7-6-8-13(16)3/h5-8H,1,9-11H2,2-4H3,(H,17,20)(H,18,21). The summed E-state index contributed by atoms with van der Waals surface area (Å²) in [7, 11) is 1.73. The third-order valence-corrected chi connectivity index (χ3v) is 3.02. The van der Waals surface area contributed by atoms with Crippen molar-refractivity contribution in [3.63, 3.8) is 0 Å². The number of rotatable bonds is 7. The van der Waals surface area contributed by atoms with Gasteiger partial charge in [0.15, 0.2) is 0 Å². The van der Waals surface area contributed by atoms with Crippen molar-refractivity contribution >= 4 is 17.5 Å². The molecule has 0 unspecified atom stereocenters. The molecule has 0 aromatic heterocycles. The van der Waals surface area contributed by atoms with Crippen molar-refractivity contribution in [2.75, 3.05) is 32.0 Å². The Labute approximate surface area is 126 Å². The van der Waals surface area contributed by atoms with Crippen LogP contribution in [0.3, 0.4) is 0 Å². The lowest BCUT2D eigenvalue weighted by molar-refractivity contribution is -0.122. The molecule has 0 aliphatic rings. The Morgan fingerprint density at radius 2 is 1.76 bits per heavy atom. The van der Waals surface area contributed by atoms with E-state index < -0.39 is 0 Å². The predicted octanol–water partition coefficient (Wildman–Crippen LogP) is 1.48. The second-order valence-corrected chi connectivity index (χ2v) is 5.08. The maximum absolute atomic E-state index is 12.0. The maximum atomic E-state index is 12.0. The van der Waals surface area contributed by atoms with Gasteiger partial charge in [-0.1, -0.05) is 24.3 Å². The zero-order valence-corrected chi connectivity index (χ0v) is 12.9. The first kappa shape index (κ1) is 16.9. The first-order valence-electron chi connectivity index (χ1n) is 6.86. The summed E-state index contributed by atoms with van der Waals surface area (Å²) < 4.78 is 0. The Kier molecular flexibility index (Phi) is 6.62. The van der Waals surface area contributed by atoms with Crippen LogP contribution in [0, 0.1) is 13.8 Å². The molecule has 2 amide bonds. The third kappa shape index (κ3) is 5.79. The molecular formula is C16H23N3O2. The second-order valence-electron chi connectivity index (χ2n) is 5.08. The number of nitrogens with one attached hydrogen (secondary N) is 2. The molecule has 114 valence electrons. The Morgan fingerprint density at radius 3 is 2.33 bits per heavy atom. The predicted molar refractivity (Wildman–Crippen MR) is 85.2 cm³/mol. The number of hydrogen-bond donors (Lipinski definition) is 2. The fourth-order valence-corrected chi connectivity index (χ4v) is 1.98. The zero-order chi connectivity index (χ0) is 15.8. The van der Waals surface area contributed by atoms with Gasteiger partial charge >= 0.3 is 0 Å². The molecule has 1 rings (SSSR count). The minimum Gasteiger partial charge on any atom is -0.352 e. The van der Waals surface area contributed by atoms with Crippen LogP contribution in [0.25, 0.3) is 0 Å². The van der Waals surface area contributed by atoms with Gasteiger partial charge in [-0.05, 0) is 32.0 Å². The van der Waals surface area contributed by atoms with E-state index in [1.165, 1.54) is 0 Å². The first-order valence-corrected chi connectivity index (χ1v) is 6.86. The summed E-state index contributed by atoms with van der Waals surface area (Å²) >= 11 is 0. The highest BCUT2D eigenvalue weighted by Gasteiger charge is 2.12. The molecule has 5 heteroatoms. The molecule has 0 radical (unpaired) electrons. The van der Waals surface area contributed by atoms with Crippen LogP contribution in [0.1, 0.15) is 11.1 Å². The van der Waals surface area contributed by atoms with Crippen molar-refractivity contribution in [1.82, 2.24) is 10.2 Å². The number of hydrogen-bond acceptors (Lipinski definition) is 3. The highest BCUT2D eigenvalue weighted by molar-refractivity contribution is 5.94. The summed E-state index contributed by atoms with van der Waals surface area (Å²) in [5.41, 5.74) is 2.89. The summed E-state index contributed by atoms with van der Waals surface area (Å²) in [6.07, 6.45) is 1.62. The molecule has 0 spiro atoms. The minimum absolute atomic E-state index is 0.128. The van der Waals surface area contributed by atoms with Gasteiger partial charge in [0.2, 0.25) is 11.8 Å². The zero-order valence-electron chi connectivity index (χ0n) is 12.9. The van der Waals surface area contributed by atoms with Crippen LogP contribution < -0.4 is 10.6 Å². The van der Waals surface area contributed by atoms with E-state index in [4.69, 9.17) is 0 Å². The number of carbonyl (C=O) groups is 2. The summed E-state index contributed by atoms with van der Waals surface area (Å²) in [4.78, 5) is 25.2. The molecule has 1 aromatic carbocycles. The molecule has 0 fully saturated rings. The molecule has 0 aliphatic heterocycles. The number of para-hydroxylation sites is 1. The second kappa shape index (κ2) is 8.21. The van der Waals surface area contributed by atoms with E-state index >= 15 is 0 Å². The molecule has 0 atom stereocenters. The molecule has 1 aromatic rings. The minimum atomic E-state index is -0.133. The van der Waals surface area contributed by atoms with Crippen LogP contribution in [0.15, 0.2) is 30.9 Å². The fourth-order valence-electron chi connectivity index (χ4n) is 1.98. The summed E-state index contributed by atoms with van der Waals surface area (Å²) in [5.74, 6) is -0.260. The van der Waals surface area contributed by atoms with Gasteiger partial charge < -0.3 is 10.6 Å². The van der Waals surface area contributed by atoms with Crippen LogP contribution in [-0.2, 0) is 9.59 Å². The summed E-state index contributed by atoms with van der Waals surface area (Å²) in [6, 6.07) is 5.86. The topological polar surface area (TPSA) is 61.4 Å². The van der Waals surface area contributed by atoms with Gasteiger partial charge in [-0.25, -0.2) is 0 Å². The van der Waals surface area contributed by atoms with Gasteiger partial charge in [-0.15, -0.1) is 6.58 Å². The van der Waals surface area contributed by atoms with Gasteiger partial charge in [-0.3, -0.25) is 14.5 Å². The van der Waals surface area contributed by atoms with Crippen molar-refractivity contribution in [3.05, 3.63) is 42.0 Å². The average molecular weight is 289 g/mol. The molecular weight excluding hydrogens is 266 g/mol. The van der Waals surface area contributed by atoms with Gasteiger partial charge in [0.1, 0.15) is 0 Å². The SMILES string of the molecule is C=CCNC(=O)CN(C)CC(=O)Nc1c(C)cccc1C. The third-order valence-electron chi connectivity index (χ3n) is 3.02. The number of likely N-dealkylation sites (N-methyl/N-ethyl adjacent to an activating group) is 1. The molecule has 0 heterocycles. The van der Waals surface area contributed by atoms with Crippen molar-refractivity contribution in [1.29, 1.82) is 0 Å². The average Bonchev–Trinajstić information content (AvgIpc) is 2.40. The molecule has 2 N–H and O–H groups in total. The number of benzene rings is 1. The lowest BCUT2D eigenvalue weighted by Crippen LogP contribution is -2.39. The van der Waals surface area contributed by atoms with Crippen molar-refractivity contribution in [3.8, 4) is 0 Å². The lowest BCUT2D eigenvalue weighted by atomic mass is 10.1. The monoisotopic (exact) mass is 289 g/mol. The van der Waals surface area contributed by atoms with E-state index in [1.54, 1.807) is 18.0 Å². The van der Waals surface area contributed by atoms with Crippen LogP contribution in [0.5, 0.6) is 0 Å². The van der Waals surface area contributed by atoms with Crippen LogP contribution in [0.2, 0.25) is 0 Å². The molecule has 0 saturated heterocycles. The number of nitrogens with zero attached hydrogens (tertiary/aromatic N) is 1. The largest absolute Gasteiger partial charge is 0.352 e. The lowest BCUT2D eigenvalue weighted by Gasteiger charge is -2.17. The van der Waals surface area contributed by atoms with E-state index in [9.17, 15) is 9.59 Å². The molecule has 5 nitrogen and oxygen atoms in total.